The van der Waals surface area contributed by atoms with Crippen molar-refractivity contribution < 1.29 is 4.79 Å². The summed E-state index contributed by atoms with van der Waals surface area (Å²) in [5, 5.41) is 3.36. The van der Waals surface area contributed by atoms with Gasteiger partial charge in [0, 0.05) is 26.1 Å². The molecule has 4 heteroatoms. The first kappa shape index (κ1) is 14.1. The van der Waals surface area contributed by atoms with Crippen molar-refractivity contribution in [3.05, 3.63) is 0 Å². The fraction of sp³-hybridized carbons (Fsp3) is 0.929. The van der Waals surface area contributed by atoms with Crippen LogP contribution < -0.4 is 5.32 Å². The Hall–Kier alpha value is -0.280. The van der Waals surface area contributed by atoms with Gasteiger partial charge in [-0.25, -0.2) is 0 Å². The Morgan fingerprint density at radius 1 is 1.17 bits per heavy atom. The largest absolute Gasteiger partial charge is 0.341 e. The molecule has 104 valence electrons. The summed E-state index contributed by atoms with van der Waals surface area (Å²) in [5.41, 5.74) is 0. The summed E-state index contributed by atoms with van der Waals surface area (Å²) in [6, 6.07) is 0. The van der Waals surface area contributed by atoms with Gasteiger partial charge in [-0.15, -0.1) is 12.4 Å². The maximum atomic E-state index is 12.3. The topological polar surface area (TPSA) is 32.3 Å². The van der Waals surface area contributed by atoms with Gasteiger partial charge in [0.05, 0.1) is 0 Å². The van der Waals surface area contributed by atoms with Gasteiger partial charge in [0.1, 0.15) is 0 Å². The Kier molecular flexibility index (Phi) is 4.91. The molecule has 1 amide bonds. The molecule has 0 aromatic carbocycles. The number of hydrogen-bond acceptors (Lipinski definition) is 2. The van der Waals surface area contributed by atoms with Gasteiger partial charge in [-0.2, -0.15) is 0 Å². The van der Waals surface area contributed by atoms with Crippen molar-refractivity contribution in [2.45, 2.75) is 38.5 Å². The molecule has 2 aliphatic carbocycles. The number of nitrogens with one attached hydrogen (secondary N) is 1. The van der Waals surface area contributed by atoms with Crippen LogP contribution in [0.4, 0.5) is 0 Å². The van der Waals surface area contributed by atoms with E-state index < -0.39 is 0 Å². The number of carbonyl (C=O) groups excluding carboxylic acids is 1. The first-order chi connectivity index (χ1) is 8.33. The minimum absolute atomic E-state index is 0. The monoisotopic (exact) mass is 272 g/mol. The zero-order valence-electron chi connectivity index (χ0n) is 11.1. The lowest BCUT2D eigenvalue weighted by atomic mass is 9.86. The lowest BCUT2D eigenvalue weighted by molar-refractivity contribution is -0.132. The van der Waals surface area contributed by atoms with Gasteiger partial charge in [0.2, 0.25) is 5.91 Å². The second kappa shape index (κ2) is 6.25. The highest BCUT2D eigenvalue weighted by atomic mass is 35.5. The number of amides is 1. The van der Waals surface area contributed by atoms with Crippen molar-refractivity contribution in [1.29, 1.82) is 0 Å². The molecule has 1 aliphatic heterocycles. The molecule has 2 bridgehead atoms. The van der Waals surface area contributed by atoms with Crippen molar-refractivity contribution in [2.24, 2.45) is 17.8 Å². The number of rotatable bonds is 2. The molecular weight excluding hydrogens is 248 g/mol. The Bertz CT molecular complexity index is 290. The molecular formula is C14H25ClN2O. The molecule has 18 heavy (non-hydrogen) atoms. The van der Waals surface area contributed by atoms with Crippen LogP contribution in [0.25, 0.3) is 0 Å². The van der Waals surface area contributed by atoms with Crippen LogP contribution in [0.3, 0.4) is 0 Å². The van der Waals surface area contributed by atoms with E-state index in [1.807, 2.05) is 0 Å². The summed E-state index contributed by atoms with van der Waals surface area (Å²) in [7, 11) is 0. The van der Waals surface area contributed by atoms with E-state index in [1.54, 1.807) is 0 Å². The third-order valence-corrected chi connectivity index (χ3v) is 5.01. The van der Waals surface area contributed by atoms with Gasteiger partial charge in [-0.3, -0.25) is 4.79 Å². The second-order valence-corrected chi connectivity index (χ2v) is 6.12. The van der Waals surface area contributed by atoms with E-state index in [2.05, 4.69) is 10.2 Å². The van der Waals surface area contributed by atoms with Gasteiger partial charge in [0.25, 0.3) is 0 Å². The molecule has 0 aromatic heterocycles. The zero-order valence-corrected chi connectivity index (χ0v) is 11.9. The minimum Gasteiger partial charge on any atom is -0.341 e. The smallest absolute Gasteiger partial charge is 0.222 e. The second-order valence-electron chi connectivity index (χ2n) is 6.12. The molecule has 3 fully saturated rings. The third-order valence-electron chi connectivity index (χ3n) is 5.01. The van der Waals surface area contributed by atoms with Crippen molar-refractivity contribution in [3.8, 4) is 0 Å². The highest BCUT2D eigenvalue weighted by Crippen LogP contribution is 2.49. The van der Waals surface area contributed by atoms with Gasteiger partial charge in [-0.1, -0.05) is 6.42 Å². The fourth-order valence-electron chi connectivity index (χ4n) is 4.07. The third kappa shape index (κ3) is 3.00. The maximum Gasteiger partial charge on any atom is 0.222 e. The van der Waals surface area contributed by atoms with Crippen LogP contribution in [-0.2, 0) is 4.79 Å². The van der Waals surface area contributed by atoms with E-state index >= 15 is 0 Å². The summed E-state index contributed by atoms with van der Waals surface area (Å²) in [5.74, 6) is 2.99. The van der Waals surface area contributed by atoms with E-state index in [4.69, 9.17) is 0 Å². The first-order valence-electron chi connectivity index (χ1n) is 7.31. The van der Waals surface area contributed by atoms with Gasteiger partial charge in [0.15, 0.2) is 0 Å². The summed E-state index contributed by atoms with van der Waals surface area (Å²) in [6.07, 6.45) is 7.53. The molecule has 1 heterocycles. The van der Waals surface area contributed by atoms with E-state index in [0.29, 0.717) is 5.91 Å². The van der Waals surface area contributed by atoms with Crippen LogP contribution in [0.15, 0.2) is 0 Å². The Morgan fingerprint density at radius 3 is 2.78 bits per heavy atom. The lowest BCUT2D eigenvalue weighted by Gasteiger charge is -2.25. The van der Waals surface area contributed by atoms with E-state index in [-0.39, 0.29) is 12.4 Å². The predicted molar refractivity (Wildman–Crippen MR) is 74.9 cm³/mol. The quantitative estimate of drug-likeness (QED) is 0.835. The molecule has 0 aromatic rings. The number of hydrogen-bond donors (Lipinski definition) is 1. The Labute approximate surface area is 116 Å². The molecule has 3 unspecified atom stereocenters. The zero-order chi connectivity index (χ0) is 11.7. The summed E-state index contributed by atoms with van der Waals surface area (Å²) < 4.78 is 0. The van der Waals surface area contributed by atoms with Crippen molar-refractivity contribution in [2.75, 3.05) is 26.2 Å². The SMILES string of the molecule is Cl.O=C(CC1CC2CCC1C2)N1CCCNCC1. The molecule has 3 nitrogen and oxygen atoms in total. The van der Waals surface area contributed by atoms with Crippen LogP contribution in [0.1, 0.15) is 38.5 Å². The van der Waals surface area contributed by atoms with E-state index in [1.165, 1.54) is 25.7 Å². The van der Waals surface area contributed by atoms with Crippen molar-refractivity contribution in [1.82, 2.24) is 10.2 Å². The van der Waals surface area contributed by atoms with Crippen LogP contribution >= 0.6 is 12.4 Å². The van der Waals surface area contributed by atoms with E-state index in [0.717, 1.165) is 56.8 Å². The highest BCUT2D eigenvalue weighted by Gasteiger charge is 2.40. The molecule has 3 atom stereocenters. The van der Waals surface area contributed by atoms with Gasteiger partial charge < -0.3 is 10.2 Å². The summed E-state index contributed by atoms with van der Waals surface area (Å²) >= 11 is 0. The number of halogens is 1. The molecule has 2 saturated carbocycles. The molecule has 0 radical (unpaired) electrons. The Morgan fingerprint density at radius 2 is 2.06 bits per heavy atom. The van der Waals surface area contributed by atoms with Crippen LogP contribution in [0.5, 0.6) is 0 Å². The molecule has 1 saturated heterocycles. The van der Waals surface area contributed by atoms with Crippen LogP contribution in [-0.4, -0.2) is 37.0 Å². The first-order valence-corrected chi connectivity index (χ1v) is 7.31. The number of nitrogens with zero attached hydrogens (tertiary/aromatic N) is 1. The van der Waals surface area contributed by atoms with Crippen LogP contribution in [0, 0.1) is 17.8 Å². The Balaban J connectivity index is 0.00000120. The standard InChI is InChI=1S/C14H24N2O.ClH/c17-14(16-6-1-4-15-5-7-16)10-13-9-11-2-3-12(13)8-11;/h11-13,15H,1-10H2;1H. The maximum absolute atomic E-state index is 12.3. The normalized spacial score (nSPS) is 35.1. The molecule has 1 N–H and O–H groups in total. The van der Waals surface area contributed by atoms with Gasteiger partial charge >= 0.3 is 0 Å². The number of carbonyl (C=O) groups is 1. The van der Waals surface area contributed by atoms with Gasteiger partial charge in [-0.05, 0) is 50.0 Å². The predicted octanol–water partition coefficient (Wildman–Crippen LogP) is 2.06. The molecule has 3 rings (SSSR count). The average Bonchev–Trinajstić information content (AvgIpc) is 2.82. The minimum atomic E-state index is 0. The van der Waals surface area contributed by atoms with Crippen molar-refractivity contribution in [3.63, 3.8) is 0 Å². The lowest BCUT2D eigenvalue weighted by Crippen LogP contribution is -2.35. The molecule has 0 spiro atoms. The van der Waals surface area contributed by atoms with Crippen molar-refractivity contribution >= 4 is 18.3 Å². The average molecular weight is 273 g/mol. The fourth-order valence-corrected chi connectivity index (χ4v) is 4.07. The molecule has 3 aliphatic rings. The van der Waals surface area contributed by atoms with Crippen LogP contribution in [0.2, 0.25) is 0 Å². The number of fused-ring (bicyclic) bond motifs is 2. The van der Waals surface area contributed by atoms with E-state index in [9.17, 15) is 4.79 Å². The highest BCUT2D eigenvalue weighted by molar-refractivity contribution is 5.85. The summed E-state index contributed by atoms with van der Waals surface area (Å²) in [6.45, 7) is 3.92. The summed E-state index contributed by atoms with van der Waals surface area (Å²) in [4.78, 5) is 14.4.